The summed E-state index contributed by atoms with van der Waals surface area (Å²) in [7, 11) is 0. The first-order chi connectivity index (χ1) is 10.0. The molecule has 0 fully saturated rings. The first-order valence-electron chi connectivity index (χ1n) is 6.66. The molecule has 0 aliphatic rings. The summed E-state index contributed by atoms with van der Waals surface area (Å²) >= 11 is 11.7. The second-order valence-electron chi connectivity index (χ2n) is 5.97. The Labute approximate surface area is 139 Å². The van der Waals surface area contributed by atoms with E-state index in [9.17, 15) is 14.7 Å². The van der Waals surface area contributed by atoms with Crippen LogP contribution in [0.1, 0.15) is 26.3 Å². The minimum Gasteiger partial charge on any atom is -0.481 e. The fraction of sp³-hybridized carbons (Fsp3) is 0.467. The Morgan fingerprint density at radius 3 is 2.32 bits per heavy atom. The lowest BCUT2D eigenvalue weighted by atomic mass is 9.94. The van der Waals surface area contributed by atoms with Crippen LogP contribution in [0, 0.1) is 5.92 Å². The summed E-state index contributed by atoms with van der Waals surface area (Å²) in [6.45, 7) is 4.98. The minimum absolute atomic E-state index is 0.160. The highest BCUT2D eigenvalue weighted by molar-refractivity contribution is 6.42. The second-order valence-corrected chi connectivity index (χ2v) is 6.78. The number of ether oxygens (including phenoxy) is 1. The van der Waals surface area contributed by atoms with Gasteiger partial charge in [0.15, 0.2) is 5.92 Å². The van der Waals surface area contributed by atoms with Crippen molar-refractivity contribution < 1.29 is 19.4 Å². The van der Waals surface area contributed by atoms with Crippen LogP contribution < -0.4 is 5.73 Å². The van der Waals surface area contributed by atoms with E-state index in [1.165, 1.54) is 0 Å². The average Bonchev–Trinajstić information content (AvgIpc) is 2.31. The molecule has 5 nitrogen and oxygen atoms in total. The number of carboxylic acid groups (broad SMARTS) is 1. The third-order valence-electron chi connectivity index (χ3n) is 2.81. The van der Waals surface area contributed by atoms with E-state index < -0.39 is 29.5 Å². The molecule has 0 saturated carbocycles. The maximum atomic E-state index is 12.0. The Kier molecular flexibility index (Phi) is 6.23. The first kappa shape index (κ1) is 18.7. The third-order valence-corrected chi connectivity index (χ3v) is 3.55. The molecular weight excluding hydrogens is 329 g/mol. The number of hydrogen-bond acceptors (Lipinski definition) is 4. The molecule has 3 N–H and O–H groups in total. The maximum Gasteiger partial charge on any atom is 0.322 e. The number of halogens is 2. The topological polar surface area (TPSA) is 89.6 Å². The molecule has 1 unspecified atom stereocenters. The van der Waals surface area contributed by atoms with Gasteiger partial charge in [-0.05, 0) is 44.9 Å². The van der Waals surface area contributed by atoms with E-state index in [1.807, 2.05) is 0 Å². The highest BCUT2D eigenvalue weighted by atomic mass is 35.5. The van der Waals surface area contributed by atoms with Gasteiger partial charge in [-0.15, -0.1) is 0 Å². The van der Waals surface area contributed by atoms with E-state index >= 15 is 0 Å². The zero-order chi connectivity index (χ0) is 17.1. The number of esters is 1. The van der Waals surface area contributed by atoms with Crippen LogP contribution in [0.5, 0.6) is 0 Å². The quantitative estimate of drug-likeness (QED) is 0.631. The van der Waals surface area contributed by atoms with Gasteiger partial charge < -0.3 is 15.6 Å². The van der Waals surface area contributed by atoms with E-state index in [0.717, 1.165) is 0 Å². The van der Waals surface area contributed by atoms with Crippen LogP contribution >= 0.6 is 23.2 Å². The summed E-state index contributed by atoms with van der Waals surface area (Å²) in [6, 6.07) is 3.93. The Bertz CT molecular complexity index is 569. The molecule has 0 amide bonds. The standard InChI is InChI=1S/C15H19Cl2NO4/c1-15(2,3)22-14(21)12(13(19)20)11(18)7-8-4-5-9(16)10(17)6-8/h4-6,11-12H,7,18H2,1-3H3,(H,19,20)/t11?,12-/m0/s1. The summed E-state index contributed by atoms with van der Waals surface area (Å²) in [4.78, 5) is 23.4. The molecule has 22 heavy (non-hydrogen) atoms. The molecule has 0 bridgehead atoms. The molecule has 7 heteroatoms. The van der Waals surface area contributed by atoms with Crippen molar-refractivity contribution in [3.8, 4) is 0 Å². The fourth-order valence-corrected chi connectivity index (χ4v) is 2.20. The van der Waals surface area contributed by atoms with Crippen molar-refractivity contribution in [3.63, 3.8) is 0 Å². The normalized spacial score (nSPS) is 14.3. The minimum atomic E-state index is -1.45. The molecular formula is C15H19Cl2NO4. The van der Waals surface area contributed by atoms with Gasteiger partial charge in [0.25, 0.3) is 0 Å². The molecule has 0 aromatic heterocycles. The molecule has 1 aromatic rings. The monoisotopic (exact) mass is 347 g/mol. The number of nitrogens with two attached hydrogens (primary N) is 1. The highest BCUT2D eigenvalue weighted by Crippen LogP contribution is 2.24. The Hall–Kier alpha value is -1.30. The maximum absolute atomic E-state index is 12.0. The number of rotatable bonds is 5. The number of hydrogen-bond donors (Lipinski definition) is 2. The molecule has 0 saturated heterocycles. The molecule has 0 aliphatic carbocycles. The molecule has 0 aliphatic heterocycles. The van der Waals surface area contributed by atoms with Gasteiger partial charge in [-0.3, -0.25) is 9.59 Å². The molecule has 2 atom stereocenters. The Balaban J connectivity index is 2.89. The SMILES string of the molecule is CC(C)(C)OC(=O)[C@H](C(=O)O)C(N)Cc1ccc(Cl)c(Cl)c1. The number of benzene rings is 1. The van der Waals surface area contributed by atoms with Crippen molar-refractivity contribution in [2.24, 2.45) is 11.7 Å². The van der Waals surface area contributed by atoms with Gasteiger partial charge in [-0.2, -0.15) is 0 Å². The molecule has 1 rings (SSSR count). The van der Waals surface area contributed by atoms with Crippen LogP contribution in [0.15, 0.2) is 18.2 Å². The van der Waals surface area contributed by atoms with Crippen LogP contribution in [0.4, 0.5) is 0 Å². The van der Waals surface area contributed by atoms with Gasteiger partial charge >= 0.3 is 11.9 Å². The molecule has 1 aromatic carbocycles. The van der Waals surface area contributed by atoms with Gasteiger partial charge in [-0.1, -0.05) is 29.3 Å². The average molecular weight is 348 g/mol. The van der Waals surface area contributed by atoms with Gasteiger partial charge in [0.05, 0.1) is 10.0 Å². The van der Waals surface area contributed by atoms with Crippen LogP contribution in [0.3, 0.4) is 0 Å². The van der Waals surface area contributed by atoms with Crippen molar-refractivity contribution in [2.45, 2.75) is 38.8 Å². The van der Waals surface area contributed by atoms with E-state index in [1.54, 1.807) is 39.0 Å². The van der Waals surface area contributed by atoms with Crippen molar-refractivity contribution in [3.05, 3.63) is 33.8 Å². The zero-order valence-corrected chi connectivity index (χ0v) is 14.1. The lowest BCUT2D eigenvalue weighted by Gasteiger charge is -2.25. The van der Waals surface area contributed by atoms with Crippen LogP contribution in [0.2, 0.25) is 10.0 Å². The van der Waals surface area contributed by atoms with E-state index in [-0.39, 0.29) is 6.42 Å². The predicted molar refractivity (Wildman–Crippen MR) is 85.1 cm³/mol. The Morgan fingerprint density at radius 1 is 1.27 bits per heavy atom. The van der Waals surface area contributed by atoms with Gasteiger partial charge in [0.1, 0.15) is 5.60 Å². The van der Waals surface area contributed by atoms with Crippen molar-refractivity contribution >= 4 is 35.1 Å². The zero-order valence-electron chi connectivity index (χ0n) is 12.6. The second kappa shape index (κ2) is 7.31. The third kappa shape index (κ3) is 5.48. The molecule has 0 radical (unpaired) electrons. The Morgan fingerprint density at radius 2 is 1.86 bits per heavy atom. The predicted octanol–water partition coefficient (Wildman–Crippen LogP) is 2.91. The van der Waals surface area contributed by atoms with Gasteiger partial charge in [-0.25, -0.2) is 0 Å². The van der Waals surface area contributed by atoms with Crippen LogP contribution in [-0.4, -0.2) is 28.7 Å². The van der Waals surface area contributed by atoms with E-state index in [4.69, 9.17) is 33.7 Å². The van der Waals surface area contributed by atoms with Gasteiger partial charge in [0.2, 0.25) is 0 Å². The number of carboxylic acids is 1. The van der Waals surface area contributed by atoms with Gasteiger partial charge in [0, 0.05) is 6.04 Å². The molecule has 0 spiro atoms. The van der Waals surface area contributed by atoms with Crippen molar-refractivity contribution in [1.29, 1.82) is 0 Å². The smallest absolute Gasteiger partial charge is 0.322 e. The van der Waals surface area contributed by atoms with Crippen LogP contribution in [-0.2, 0) is 20.7 Å². The number of carbonyl (C=O) groups is 2. The first-order valence-corrected chi connectivity index (χ1v) is 7.42. The van der Waals surface area contributed by atoms with Crippen molar-refractivity contribution in [1.82, 2.24) is 0 Å². The largest absolute Gasteiger partial charge is 0.481 e. The highest BCUT2D eigenvalue weighted by Gasteiger charge is 2.36. The summed E-state index contributed by atoms with van der Waals surface area (Å²) in [5.41, 5.74) is 5.81. The summed E-state index contributed by atoms with van der Waals surface area (Å²) in [6.07, 6.45) is 0.160. The lowest BCUT2D eigenvalue weighted by Crippen LogP contribution is -2.45. The summed E-state index contributed by atoms with van der Waals surface area (Å²) in [5.74, 6) is -3.62. The number of carbonyl (C=O) groups excluding carboxylic acids is 1. The molecule has 0 heterocycles. The van der Waals surface area contributed by atoms with Crippen LogP contribution in [0.25, 0.3) is 0 Å². The van der Waals surface area contributed by atoms with E-state index in [2.05, 4.69) is 0 Å². The van der Waals surface area contributed by atoms with Crippen molar-refractivity contribution in [2.75, 3.05) is 0 Å². The van der Waals surface area contributed by atoms with E-state index in [0.29, 0.717) is 15.6 Å². The lowest BCUT2D eigenvalue weighted by molar-refractivity contribution is -0.167. The fourth-order valence-electron chi connectivity index (χ4n) is 1.88. The number of aliphatic carboxylic acids is 1. The summed E-state index contributed by atoms with van der Waals surface area (Å²) < 4.78 is 5.12. The molecule has 122 valence electrons. The summed E-state index contributed by atoms with van der Waals surface area (Å²) in [5, 5.41) is 9.99.